The van der Waals surface area contributed by atoms with Gasteiger partial charge in [0.15, 0.2) is 0 Å². The van der Waals surface area contributed by atoms with Crippen LogP contribution < -0.4 is 26.6 Å². The molecule has 17 nitrogen and oxygen atoms in total. The summed E-state index contributed by atoms with van der Waals surface area (Å²) in [4.78, 5) is 89.1. The van der Waals surface area contributed by atoms with E-state index in [1.165, 1.54) is 6.92 Å². The van der Waals surface area contributed by atoms with E-state index >= 15 is 0 Å². The first-order chi connectivity index (χ1) is 23.6. The van der Waals surface area contributed by atoms with Crippen LogP contribution in [0, 0.1) is 0 Å². The third-order valence-corrected chi connectivity index (χ3v) is 6.59. The van der Waals surface area contributed by atoms with E-state index in [0.717, 1.165) is 12.8 Å². The zero-order chi connectivity index (χ0) is 39.4. The number of carbonyl (C=O) groups excluding carboxylic acids is 7. The Balaban J connectivity index is 5.89. The van der Waals surface area contributed by atoms with Gasteiger partial charge in [-0.05, 0) is 74.7 Å². The fourth-order valence-electron chi connectivity index (χ4n) is 4.16. The van der Waals surface area contributed by atoms with Gasteiger partial charge in [0.1, 0.15) is 29.3 Å². The fourth-order valence-corrected chi connectivity index (χ4v) is 4.16. The van der Waals surface area contributed by atoms with Gasteiger partial charge in [-0.25, -0.2) is 14.4 Å². The molecule has 5 atom stereocenters. The molecule has 17 heteroatoms. The highest BCUT2D eigenvalue weighted by Crippen LogP contribution is 2.09. The number of amides is 5. The van der Waals surface area contributed by atoms with E-state index in [0.29, 0.717) is 12.8 Å². The predicted molar refractivity (Wildman–Crippen MR) is 186 cm³/mol. The summed E-state index contributed by atoms with van der Waals surface area (Å²) in [7, 11) is 0. The lowest BCUT2D eigenvalue weighted by atomic mass is 10.1. The Hall–Kier alpha value is -4.15. The lowest BCUT2D eigenvalue weighted by Gasteiger charge is -2.27. The molecule has 0 aromatic heterocycles. The Morgan fingerprint density at radius 1 is 0.706 bits per heavy atom. The first-order valence-corrected chi connectivity index (χ1v) is 17.5. The maximum absolute atomic E-state index is 13.5. The summed E-state index contributed by atoms with van der Waals surface area (Å²) in [5, 5.41) is 22.6. The third-order valence-electron chi connectivity index (χ3n) is 6.59. The van der Waals surface area contributed by atoms with Crippen molar-refractivity contribution in [2.45, 2.75) is 156 Å². The first-order valence-electron chi connectivity index (χ1n) is 17.5. The summed E-state index contributed by atoms with van der Waals surface area (Å²) >= 11 is 0. The van der Waals surface area contributed by atoms with Crippen LogP contribution in [-0.4, -0.2) is 108 Å². The fraction of sp³-hybridized carbons (Fsp3) is 0.794. The Bertz CT molecular complexity index is 1150. The van der Waals surface area contributed by atoms with Crippen LogP contribution in [0.25, 0.3) is 0 Å². The highest BCUT2D eigenvalue weighted by atomic mass is 16.6. The van der Waals surface area contributed by atoms with E-state index in [2.05, 4.69) is 26.6 Å². The van der Waals surface area contributed by atoms with Crippen molar-refractivity contribution in [1.82, 2.24) is 26.6 Å². The van der Waals surface area contributed by atoms with Crippen LogP contribution >= 0.6 is 0 Å². The van der Waals surface area contributed by atoms with E-state index in [9.17, 15) is 38.7 Å². The van der Waals surface area contributed by atoms with Crippen molar-refractivity contribution >= 4 is 41.8 Å². The van der Waals surface area contributed by atoms with Crippen LogP contribution in [0.2, 0.25) is 0 Å². The molecule has 51 heavy (non-hydrogen) atoms. The summed E-state index contributed by atoms with van der Waals surface area (Å²) in [6, 6.07) is -4.41. The molecule has 0 radical (unpaired) electrons. The zero-order valence-corrected chi connectivity index (χ0v) is 31.9. The predicted octanol–water partition coefficient (Wildman–Crippen LogP) is 2.12. The molecular formula is C34H61N5O12. The van der Waals surface area contributed by atoms with Crippen molar-refractivity contribution in [3.8, 4) is 0 Å². The maximum Gasteiger partial charge on any atom is 0.407 e. The van der Waals surface area contributed by atoms with Gasteiger partial charge in [-0.3, -0.25) is 19.2 Å². The Kier molecular flexibility index (Phi) is 21.4. The Labute approximate surface area is 301 Å². The molecule has 0 aromatic rings. The number of nitrogens with one attached hydrogen (secondary N) is 5. The molecule has 0 aliphatic rings. The number of aliphatic hydroxyl groups excluding tert-OH is 1. The molecule has 0 aliphatic heterocycles. The van der Waals surface area contributed by atoms with Crippen molar-refractivity contribution in [1.29, 1.82) is 0 Å². The molecular weight excluding hydrogens is 670 g/mol. The average molecular weight is 732 g/mol. The van der Waals surface area contributed by atoms with E-state index in [4.69, 9.17) is 18.9 Å². The van der Waals surface area contributed by atoms with Crippen LogP contribution in [0.1, 0.15) is 114 Å². The minimum atomic E-state index is -1.64. The van der Waals surface area contributed by atoms with Crippen molar-refractivity contribution in [3.05, 3.63) is 0 Å². The Morgan fingerprint density at radius 3 is 1.82 bits per heavy atom. The smallest absolute Gasteiger partial charge is 0.407 e. The molecule has 0 saturated carbocycles. The minimum absolute atomic E-state index is 0.0545. The molecule has 294 valence electrons. The second-order valence-electron chi connectivity index (χ2n) is 14.1. The van der Waals surface area contributed by atoms with Gasteiger partial charge in [-0.1, -0.05) is 26.7 Å². The second-order valence-corrected chi connectivity index (χ2v) is 14.1. The van der Waals surface area contributed by atoms with Gasteiger partial charge >= 0.3 is 24.1 Å². The van der Waals surface area contributed by atoms with Crippen LogP contribution in [-0.2, 0) is 42.9 Å². The number of aliphatic hydroxyl groups is 1. The normalized spacial score (nSPS) is 14.3. The van der Waals surface area contributed by atoms with Crippen molar-refractivity contribution < 1.29 is 57.6 Å². The van der Waals surface area contributed by atoms with Crippen LogP contribution in [0.4, 0.5) is 9.59 Å². The molecule has 0 saturated heterocycles. The van der Waals surface area contributed by atoms with E-state index in [1.54, 1.807) is 48.5 Å². The molecule has 0 fully saturated rings. The standard InChI is InChI=1S/C34H61N5O12/c1-11-13-19-48-30(45)24(20-36-32(47)51-34(8,9)10)38-29(44)27(22(4)40)39-28(43)23(17-18-35-31(46)50-33(5,6)7)37-25(41)15-16-26(42)49-21(3)14-12-2/h21-24,27,40H,11-20H2,1-10H3,(H,35,46)(H,36,47)(H,37,41)(H,38,44)(H,39,43)/t21?,22?,23-,24-,27-/m0/s1. The molecule has 0 rings (SSSR count). The molecule has 0 aromatic carbocycles. The average Bonchev–Trinajstić information content (AvgIpc) is 2.98. The summed E-state index contributed by atoms with van der Waals surface area (Å²) in [6.45, 7) is 16.2. The first kappa shape index (κ1) is 46.9. The number of unbranched alkanes of at least 4 members (excludes halogenated alkanes) is 1. The number of rotatable bonds is 21. The van der Waals surface area contributed by atoms with Gasteiger partial charge in [0.25, 0.3) is 0 Å². The SMILES string of the molecule is CCCCOC(=O)[C@H](CNC(=O)OC(C)(C)C)NC(=O)[C@@H](NC(=O)[C@H](CCNC(=O)OC(C)(C)C)NC(=O)CCC(=O)OC(C)CCC)C(C)O. The maximum atomic E-state index is 13.5. The van der Waals surface area contributed by atoms with Crippen molar-refractivity contribution in [2.24, 2.45) is 0 Å². The quantitative estimate of drug-likeness (QED) is 0.0566. The number of esters is 2. The summed E-state index contributed by atoms with van der Waals surface area (Å²) in [5.74, 6) is -4.06. The summed E-state index contributed by atoms with van der Waals surface area (Å²) in [5.41, 5.74) is -1.63. The van der Waals surface area contributed by atoms with Gasteiger partial charge in [-0.15, -0.1) is 0 Å². The highest BCUT2D eigenvalue weighted by Gasteiger charge is 2.33. The van der Waals surface area contributed by atoms with E-state index in [1.807, 2.05) is 13.8 Å². The molecule has 0 spiro atoms. The van der Waals surface area contributed by atoms with Crippen LogP contribution in [0.15, 0.2) is 0 Å². The number of hydrogen-bond acceptors (Lipinski definition) is 12. The van der Waals surface area contributed by atoms with E-state index < -0.39 is 83.8 Å². The van der Waals surface area contributed by atoms with Crippen LogP contribution in [0.3, 0.4) is 0 Å². The summed E-state index contributed by atoms with van der Waals surface area (Å²) in [6.07, 6.45) is -1.44. The van der Waals surface area contributed by atoms with Gasteiger partial charge in [0.05, 0.1) is 31.8 Å². The number of carbonyl (C=O) groups is 7. The lowest BCUT2D eigenvalue weighted by molar-refractivity contribution is -0.149. The number of hydrogen-bond donors (Lipinski definition) is 6. The van der Waals surface area contributed by atoms with Crippen LogP contribution in [0.5, 0.6) is 0 Å². The molecule has 2 unspecified atom stereocenters. The third kappa shape index (κ3) is 23.0. The summed E-state index contributed by atoms with van der Waals surface area (Å²) < 4.78 is 20.9. The minimum Gasteiger partial charge on any atom is -0.464 e. The topological polar surface area (TPSA) is 237 Å². The van der Waals surface area contributed by atoms with Gasteiger partial charge in [0, 0.05) is 13.0 Å². The van der Waals surface area contributed by atoms with Gasteiger partial charge in [0.2, 0.25) is 17.7 Å². The molecule has 0 heterocycles. The van der Waals surface area contributed by atoms with E-state index in [-0.39, 0.29) is 38.5 Å². The molecule has 0 bridgehead atoms. The zero-order valence-electron chi connectivity index (χ0n) is 31.9. The molecule has 0 aliphatic carbocycles. The van der Waals surface area contributed by atoms with Gasteiger partial charge in [-0.2, -0.15) is 0 Å². The number of alkyl carbamates (subject to hydrolysis) is 2. The second kappa shape index (κ2) is 23.3. The largest absolute Gasteiger partial charge is 0.464 e. The van der Waals surface area contributed by atoms with Crippen molar-refractivity contribution in [2.75, 3.05) is 19.7 Å². The lowest BCUT2D eigenvalue weighted by Crippen LogP contribution is -2.60. The van der Waals surface area contributed by atoms with Gasteiger partial charge < -0.3 is 50.6 Å². The monoisotopic (exact) mass is 731 g/mol. The number of ether oxygens (including phenoxy) is 4. The Morgan fingerprint density at radius 2 is 1.29 bits per heavy atom. The highest BCUT2D eigenvalue weighted by molar-refractivity contribution is 5.94. The molecule has 6 N–H and O–H groups in total. The molecule has 5 amide bonds. The van der Waals surface area contributed by atoms with Crippen molar-refractivity contribution in [3.63, 3.8) is 0 Å².